The van der Waals surface area contributed by atoms with Crippen LogP contribution in [0.25, 0.3) is 11.1 Å². The van der Waals surface area contributed by atoms with E-state index in [9.17, 15) is 9.59 Å². The van der Waals surface area contributed by atoms with Gasteiger partial charge < -0.3 is 15.0 Å². The zero-order chi connectivity index (χ0) is 22.3. The molecule has 1 fully saturated rings. The average Bonchev–Trinajstić information content (AvgIpc) is 3.36. The monoisotopic (exact) mass is 433 g/mol. The molecule has 2 amide bonds. The van der Waals surface area contributed by atoms with Crippen molar-refractivity contribution in [3.8, 4) is 16.9 Å². The SMILES string of the molecule is COc1cccc(-c2cccc(NC(=O)[C@H]3CCCCN3C(=O)CCn3cncn3)c2)c1. The van der Waals surface area contributed by atoms with E-state index in [0.29, 0.717) is 31.6 Å². The number of likely N-dealkylation sites (tertiary alicyclic amines) is 1. The summed E-state index contributed by atoms with van der Waals surface area (Å²) in [6.07, 6.45) is 5.82. The molecule has 32 heavy (non-hydrogen) atoms. The van der Waals surface area contributed by atoms with Gasteiger partial charge in [-0.3, -0.25) is 14.3 Å². The number of nitrogens with zero attached hydrogens (tertiary/aromatic N) is 4. The lowest BCUT2D eigenvalue weighted by Crippen LogP contribution is -2.50. The van der Waals surface area contributed by atoms with Crippen LogP contribution in [0, 0.1) is 0 Å². The molecule has 0 spiro atoms. The van der Waals surface area contributed by atoms with Crippen molar-refractivity contribution in [2.75, 3.05) is 19.0 Å². The van der Waals surface area contributed by atoms with Crippen LogP contribution in [0.5, 0.6) is 5.75 Å². The van der Waals surface area contributed by atoms with Crippen LogP contribution >= 0.6 is 0 Å². The summed E-state index contributed by atoms with van der Waals surface area (Å²) in [4.78, 5) is 31.6. The third-order valence-electron chi connectivity index (χ3n) is 5.68. The van der Waals surface area contributed by atoms with Crippen LogP contribution < -0.4 is 10.1 Å². The van der Waals surface area contributed by atoms with Crippen LogP contribution in [-0.2, 0) is 16.1 Å². The fourth-order valence-corrected chi connectivity index (χ4v) is 4.01. The van der Waals surface area contributed by atoms with Crippen molar-refractivity contribution in [1.29, 1.82) is 0 Å². The highest BCUT2D eigenvalue weighted by Crippen LogP contribution is 2.27. The Morgan fingerprint density at radius 2 is 1.94 bits per heavy atom. The molecule has 8 nitrogen and oxygen atoms in total. The lowest BCUT2D eigenvalue weighted by Gasteiger charge is -2.34. The number of aromatic nitrogens is 3. The van der Waals surface area contributed by atoms with Gasteiger partial charge in [-0.25, -0.2) is 4.98 Å². The number of rotatable bonds is 7. The molecule has 0 unspecified atom stereocenters. The van der Waals surface area contributed by atoms with Crippen LogP contribution in [0.4, 0.5) is 5.69 Å². The summed E-state index contributed by atoms with van der Waals surface area (Å²) in [7, 11) is 1.64. The summed E-state index contributed by atoms with van der Waals surface area (Å²) in [5.74, 6) is 0.589. The average molecular weight is 434 g/mol. The Balaban J connectivity index is 1.44. The van der Waals surface area contributed by atoms with Crippen LogP contribution in [0.3, 0.4) is 0 Å². The quantitative estimate of drug-likeness (QED) is 0.617. The maximum atomic E-state index is 13.1. The minimum Gasteiger partial charge on any atom is -0.497 e. The number of hydrogen-bond acceptors (Lipinski definition) is 5. The van der Waals surface area contributed by atoms with E-state index in [2.05, 4.69) is 15.4 Å². The zero-order valence-electron chi connectivity index (χ0n) is 18.1. The fraction of sp³-hybridized carbons (Fsp3) is 0.333. The highest BCUT2D eigenvalue weighted by atomic mass is 16.5. The largest absolute Gasteiger partial charge is 0.497 e. The van der Waals surface area contributed by atoms with Gasteiger partial charge in [-0.05, 0) is 54.7 Å². The molecule has 1 aliphatic rings. The lowest BCUT2D eigenvalue weighted by atomic mass is 10.0. The molecular formula is C24H27N5O3. The molecule has 166 valence electrons. The minimum absolute atomic E-state index is 0.0366. The fourth-order valence-electron chi connectivity index (χ4n) is 4.01. The number of carbonyl (C=O) groups excluding carboxylic acids is 2. The first-order valence-electron chi connectivity index (χ1n) is 10.8. The number of amides is 2. The molecule has 0 bridgehead atoms. The second kappa shape index (κ2) is 10.1. The van der Waals surface area contributed by atoms with Gasteiger partial charge in [0, 0.05) is 18.7 Å². The zero-order valence-corrected chi connectivity index (χ0v) is 18.1. The van der Waals surface area contributed by atoms with Crippen LogP contribution in [0.2, 0.25) is 0 Å². The molecule has 3 aromatic rings. The van der Waals surface area contributed by atoms with E-state index in [-0.39, 0.29) is 11.8 Å². The van der Waals surface area contributed by atoms with Crippen molar-refractivity contribution in [3.05, 3.63) is 61.2 Å². The standard InChI is InChI=1S/C24H27N5O3/c1-32-21-9-5-7-19(15-21)18-6-4-8-20(14-18)27-24(31)22-10-2-3-12-29(22)23(30)11-13-28-17-25-16-26-28/h4-9,14-17,22H,2-3,10-13H2,1H3,(H,27,31)/t22-/m1/s1. The highest BCUT2D eigenvalue weighted by Gasteiger charge is 2.31. The van der Waals surface area contributed by atoms with Crippen molar-refractivity contribution in [2.24, 2.45) is 0 Å². The molecular weight excluding hydrogens is 406 g/mol. The third kappa shape index (κ3) is 5.14. The molecule has 0 radical (unpaired) electrons. The summed E-state index contributed by atoms with van der Waals surface area (Å²) in [6, 6.07) is 15.0. The van der Waals surface area contributed by atoms with E-state index in [0.717, 1.165) is 29.7 Å². The van der Waals surface area contributed by atoms with Gasteiger partial charge in [0.05, 0.1) is 13.7 Å². The molecule has 1 aliphatic heterocycles. The van der Waals surface area contributed by atoms with Crippen molar-refractivity contribution in [2.45, 2.75) is 38.3 Å². The van der Waals surface area contributed by atoms with E-state index in [1.165, 1.54) is 6.33 Å². The van der Waals surface area contributed by atoms with Crippen molar-refractivity contribution < 1.29 is 14.3 Å². The van der Waals surface area contributed by atoms with Gasteiger partial charge in [0.25, 0.3) is 0 Å². The molecule has 8 heteroatoms. The van der Waals surface area contributed by atoms with Gasteiger partial charge in [-0.2, -0.15) is 5.10 Å². The van der Waals surface area contributed by atoms with Gasteiger partial charge in [0.15, 0.2) is 0 Å². The predicted octanol–water partition coefficient (Wildman–Crippen LogP) is 3.36. The van der Waals surface area contributed by atoms with Gasteiger partial charge in [0.2, 0.25) is 11.8 Å². The molecule has 1 N–H and O–H groups in total. The molecule has 0 aliphatic carbocycles. The maximum Gasteiger partial charge on any atom is 0.247 e. The van der Waals surface area contributed by atoms with Crippen molar-refractivity contribution in [3.63, 3.8) is 0 Å². The number of aryl methyl sites for hydroxylation is 1. The number of methoxy groups -OCH3 is 1. The van der Waals surface area contributed by atoms with Crippen LogP contribution in [0.15, 0.2) is 61.2 Å². The summed E-state index contributed by atoms with van der Waals surface area (Å²) >= 11 is 0. The number of piperidine rings is 1. The summed E-state index contributed by atoms with van der Waals surface area (Å²) in [6.45, 7) is 1.05. The lowest BCUT2D eigenvalue weighted by molar-refractivity contribution is -0.140. The third-order valence-corrected chi connectivity index (χ3v) is 5.68. The normalized spacial score (nSPS) is 15.9. The Kier molecular flexibility index (Phi) is 6.79. The second-order valence-corrected chi connectivity index (χ2v) is 7.81. The number of hydrogen-bond donors (Lipinski definition) is 1. The van der Waals surface area contributed by atoms with Gasteiger partial charge >= 0.3 is 0 Å². The maximum absolute atomic E-state index is 13.1. The van der Waals surface area contributed by atoms with Crippen LogP contribution in [-0.4, -0.2) is 51.2 Å². The molecule has 4 rings (SSSR count). The molecule has 0 saturated carbocycles. The first-order chi connectivity index (χ1) is 15.6. The summed E-state index contributed by atoms with van der Waals surface area (Å²) in [5.41, 5.74) is 2.69. The number of ether oxygens (including phenoxy) is 1. The van der Waals surface area contributed by atoms with E-state index < -0.39 is 6.04 Å². The Labute approximate surface area is 187 Å². The molecule has 2 heterocycles. The Hall–Kier alpha value is -3.68. The Morgan fingerprint density at radius 1 is 1.12 bits per heavy atom. The number of carbonyl (C=O) groups is 2. The second-order valence-electron chi connectivity index (χ2n) is 7.81. The predicted molar refractivity (Wildman–Crippen MR) is 121 cm³/mol. The van der Waals surface area contributed by atoms with E-state index >= 15 is 0 Å². The molecule has 1 saturated heterocycles. The minimum atomic E-state index is -0.465. The highest BCUT2D eigenvalue weighted by molar-refractivity contribution is 5.97. The van der Waals surface area contributed by atoms with E-state index in [1.54, 1.807) is 23.0 Å². The van der Waals surface area contributed by atoms with Crippen LogP contribution in [0.1, 0.15) is 25.7 Å². The number of anilines is 1. The van der Waals surface area contributed by atoms with Gasteiger partial charge in [-0.1, -0.05) is 24.3 Å². The number of nitrogens with one attached hydrogen (secondary N) is 1. The van der Waals surface area contributed by atoms with E-state index in [4.69, 9.17) is 4.74 Å². The van der Waals surface area contributed by atoms with Gasteiger partial charge in [0.1, 0.15) is 24.4 Å². The summed E-state index contributed by atoms with van der Waals surface area (Å²) in [5, 5.41) is 7.05. The molecule has 2 aromatic carbocycles. The molecule has 1 aromatic heterocycles. The first kappa shape index (κ1) is 21.5. The van der Waals surface area contributed by atoms with E-state index in [1.807, 2.05) is 48.5 Å². The molecule has 1 atom stereocenters. The number of benzene rings is 2. The Morgan fingerprint density at radius 3 is 2.72 bits per heavy atom. The van der Waals surface area contributed by atoms with Crippen molar-refractivity contribution in [1.82, 2.24) is 19.7 Å². The smallest absolute Gasteiger partial charge is 0.247 e. The first-order valence-corrected chi connectivity index (χ1v) is 10.8. The van der Waals surface area contributed by atoms with Crippen molar-refractivity contribution >= 4 is 17.5 Å². The Bertz CT molecular complexity index is 1070. The van der Waals surface area contributed by atoms with Gasteiger partial charge in [-0.15, -0.1) is 0 Å². The topological polar surface area (TPSA) is 89.4 Å². The summed E-state index contributed by atoms with van der Waals surface area (Å²) < 4.78 is 6.94.